The van der Waals surface area contributed by atoms with Crippen molar-refractivity contribution in [3.05, 3.63) is 0 Å². The molecule has 0 aliphatic rings. The van der Waals surface area contributed by atoms with Crippen molar-refractivity contribution in [1.82, 2.24) is 20.4 Å². The maximum atomic E-state index is 11.0. The van der Waals surface area contributed by atoms with Gasteiger partial charge in [-0.15, -0.1) is 0 Å². The standard InChI is InChI=1S/C33H77N5O12Si2/c1-33(2,3)50-29-32(41)24-37(17-16-36-15-14-35-13-12-34)18-19-38(25-30(39)27-48-20-10-22-51(42-4,43-5)44-6)26-31(40)28-49-21-11-23-52(45-7,46-8)47-9/h30-32,35-36,39-41H,10-29,34H2,1-9H3. The molecule has 0 aliphatic heterocycles. The molecule has 52 heavy (non-hydrogen) atoms. The number of aliphatic hydroxyl groups is 3. The second kappa shape index (κ2) is 30.9. The van der Waals surface area contributed by atoms with E-state index in [1.54, 1.807) is 42.7 Å². The Hall–Kier alpha value is -0.246. The highest BCUT2D eigenvalue weighted by atomic mass is 28.4. The predicted molar refractivity (Wildman–Crippen MR) is 205 cm³/mol. The molecule has 0 aromatic rings. The summed E-state index contributed by atoms with van der Waals surface area (Å²) in [7, 11) is 4.09. The number of nitrogens with zero attached hydrogens (tertiary/aromatic N) is 2. The van der Waals surface area contributed by atoms with Crippen LogP contribution in [-0.4, -0.2) is 214 Å². The van der Waals surface area contributed by atoms with E-state index in [4.69, 9.17) is 46.5 Å². The largest absolute Gasteiger partial charge is 0.500 e. The van der Waals surface area contributed by atoms with E-state index in [1.165, 1.54) is 0 Å². The van der Waals surface area contributed by atoms with Crippen LogP contribution < -0.4 is 16.4 Å². The van der Waals surface area contributed by atoms with Crippen molar-refractivity contribution in [2.45, 2.75) is 69.6 Å². The van der Waals surface area contributed by atoms with E-state index in [0.29, 0.717) is 70.9 Å². The quantitative estimate of drug-likeness (QED) is 0.0337. The monoisotopic (exact) mass is 792 g/mol. The van der Waals surface area contributed by atoms with Crippen LogP contribution in [0.15, 0.2) is 0 Å². The van der Waals surface area contributed by atoms with Gasteiger partial charge >= 0.3 is 17.6 Å². The Morgan fingerprint density at radius 1 is 0.577 bits per heavy atom. The van der Waals surface area contributed by atoms with Gasteiger partial charge in [-0.1, -0.05) is 0 Å². The Bertz CT molecular complexity index is 765. The normalized spacial score (nSPS) is 14.8. The average molecular weight is 792 g/mol. The number of ether oxygens (including phenoxy) is 3. The molecule has 3 unspecified atom stereocenters. The van der Waals surface area contributed by atoms with E-state index in [9.17, 15) is 15.3 Å². The summed E-state index contributed by atoms with van der Waals surface area (Å²) in [6.07, 6.45) is -0.947. The topological polar surface area (TPSA) is 200 Å². The highest BCUT2D eigenvalue weighted by Crippen LogP contribution is 2.16. The predicted octanol–water partition coefficient (Wildman–Crippen LogP) is -0.804. The second-order valence-corrected chi connectivity index (χ2v) is 19.9. The van der Waals surface area contributed by atoms with E-state index < -0.39 is 35.9 Å². The molecule has 7 N–H and O–H groups in total. The minimum Gasteiger partial charge on any atom is -0.389 e. The minimum absolute atomic E-state index is 0.128. The molecule has 0 aromatic heterocycles. The van der Waals surface area contributed by atoms with Gasteiger partial charge in [-0.3, -0.25) is 9.80 Å². The molecule has 0 heterocycles. The lowest BCUT2D eigenvalue weighted by Gasteiger charge is -2.32. The van der Waals surface area contributed by atoms with E-state index in [1.807, 2.05) is 25.7 Å². The third-order valence-electron chi connectivity index (χ3n) is 8.28. The first-order valence-corrected chi connectivity index (χ1v) is 22.3. The van der Waals surface area contributed by atoms with Crippen LogP contribution in [0.4, 0.5) is 0 Å². The Kier molecular flexibility index (Phi) is 30.8. The van der Waals surface area contributed by atoms with Crippen molar-refractivity contribution in [3.63, 3.8) is 0 Å². The van der Waals surface area contributed by atoms with Crippen LogP contribution in [0.5, 0.6) is 0 Å². The van der Waals surface area contributed by atoms with Gasteiger partial charge in [0.2, 0.25) is 0 Å². The molecule has 0 bridgehead atoms. The highest BCUT2D eigenvalue weighted by molar-refractivity contribution is 6.60. The summed E-state index contributed by atoms with van der Waals surface area (Å²) in [6.45, 7) is 13.7. The average Bonchev–Trinajstić information content (AvgIpc) is 3.12. The molecule has 314 valence electrons. The number of nitrogens with one attached hydrogen (secondary N) is 2. The van der Waals surface area contributed by atoms with Crippen molar-refractivity contribution in [2.75, 3.05) is 148 Å². The fourth-order valence-corrected chi connectivity index (χ4v) is 8.71. The van der Waals surface area contributed by atoms with Crippen LogP contribution in [0.3, 0.4) is 0 Å². The first-order valence-electron chi connectivity index (χ1n) is 18.5. The third kappa shape index (κ3) is 25.8. The SMILES string of the molecule is CO[Si](CCCOCC(O)CN(CCN(CCNCCNCCN)CC(O)COC(C)(C)C)CC(O)COCCC[Si](OC)(OC)OC)(OC)OC. The molecular formula is C33H77N5O12Si2. The smallest absolute Gasteiger partial charge is 0.389 e. The van der Waals surface area contributed by atoms with E-state index in [2.05, 4.69) is 15.5 Å². The number of hydrogen-bond donors (Lipinski definition) is 6. The lowest BCUT2D eigenvalue weighted by molar-refractivity contribution is -0.0570. The van der Waals surface area contributed by atoms with Gasteiger partial charge in [0, 0.05) is 140 Å². The minimum atomic E-state index is -2.69. The van der Waals surface area contributed by atoms with Gasteiger partial charge in [0.05, 0.1) is 43.7 Å². The Labute approximate surface area is 316 Å². The van der Waals surface area contributed by atoms with Gasteiger partial charge in [0.1, 0.15) is 0 Å². The molecule has 0 amide bonds. The number of aliphatic hydroxyl groups excluding tert-OH is 3. The number of rotatable bonds is 37. The highest BCUT2D eigenvalue weighted by Gasteiger charge is 2.37. The van der Waals surface area contributed by atoms with Gasteiger partial charge in [-0.2, -0.15) is 0 Å². The maximum absolute atomic E-state index is 11.0. The third-order valence-corrected chi connectivity index (χ3v) is 13.9. The van der Waals surface area contributed by atoms with Gasteiger partial charge < -0.3 is 72.5 Å². The zero-order valence-electron chi connectivity index (χ0n) is 33.9. The van der Waals surface area contributed by atoms with Gasteiger partial charge in [0.25, 0.3) is 0 Å². The fraction of sp³-hybridized carbons (Fsp3) is 1.00. The molecule has 17 nitrogen and oxygen atoms in total. The fourth-order valence-electron chi connectivity index (χ4n) is 5.33. The lowest BCUT2D eigenvalue weighted by atomic mass is 10.2. The van der Waals surface area contributed by atoms with Crippen molar-refractivity contribution < 1.29 is 56.1 Å². The molecule has 0 aromatic carbocycles. The molecule has 0 spiro atoms. The van der Waals surface area contributed by atoms with Gasteiger partial charge in [0.15, 0.2) is 0 Å². The number of hydrogen-bond acceptors (Lipinski definition) is 17. The van der Waals surface area contributed by atoms with Crippen LogP contribution in [0, 0.1) is 0 Å². The van der Waals surface area contributed by atoms with Gasteiger partial charge in [-0.05, 0) is 33.6 Å². The van der Waals surface area contributed by atoms with Crippen LogP contribution >= 0.6 is 0 Å². The number of nitrogens with two attached hydrogens (primary N) is 1. The molecule has 0 radical (unpaired) electrons. The zero-order chi connectivity index (χ0) is 39.3. The Balaban J connectivity index is 5.37. The van der Waals surface area contributed by atoms with Gasteiger partial charge in [-0.25, -0.2) is 0 Å². The molecule has 0 saturated carbocycles. The van der Waals surface area contributed by atoms with E-state index in [0.717, 1.165) is 26.2 Å². The van der Waals surface area contributed by atoms with Crippen molar-refractivity contribution >= 4 is 17.6 Å². The summed E-state index contributed by atoms with van der Waals surface area (Å²) in [5, 5.41) is 39.5. The first kappa shape index (κ1) is 51.8. The van der Waals surface area contributed by atoms with Crippen LogP contribution in [0.1, 0.15) is 33.6 Å². The van der Waals surface area contributed by atoms with Crippen LogP contribution in [0.2, 0.25) is 12.1 Å². The van der Waals surface area contributed by atoms with Crippen molar-refractivity contribution in [1.29, 1.82) is 0 Å². The molecule has 0 aliphatic carbocycles. The molecular weight excluding hydrogens is 715 g/mol. The summed E-state index contributed by atoms with van der Waals surface area (Å²) in [5.74, 6) is 0. The molecule has 0 rings (SSSR count). The van der Waals surface area contributed by atoms with E-state index in [-0.39, 0.29) is 38.5 Å². The summed E-state index contributed by atoms with van der Waals surface area (Å²) >= 11 is 0. The lowest BCUT2D eigenvalue weighted by Crippen LogP contribution is -2.47. The van der Waals surface area contributed by atoms with Crippen molar-refractivity contribution in [2.24, 2.45) is 5.73 Å². The van der Waals surface area contributed by atoms with E-state index >= 15 is 0 Å². The van der Waals surface area contributed by atoms with Crippen LogP contribution in [0.25, 0.3) is 0 Å². The molecule has 0 fully saturated rings. The summed E-state index contributed by atoms with van der Waals surface area (Å²) in [4.78, 5) is 4.18. The second-order valence-electron chi connectivity index (χ2n) is 13.7. The molecule has 0 saturated heterocycles. The van der Waals surface area contributed by atoms with Crippen molar-refractivity contribution in [3.8, 4) is 0 Å². The molecule has 3 atom stereocenters. The maximum Gasteiger partial charge on any atom is 0.500 e. The Morgan fingerprint density at radius 2 is 0.981 bits per heavy atom. The zero-order valence-corrected chi connectivity index (χ0v) is 35.9. The summed E-state index contributed by atoms with van der Waals surface area (Å²) in [6, 6.07) is 1.19. The summed E-state index contributed by atoms with van der Waals surface area (Å²) in [5.41, 5.74) is 5.20. The van der Waals surface area contributed by atoms with Crippen LogP contribution in [-0.2, 0) is 40.8 Å². The summed E-state index contributed by atoms with van der Waals surface area (Å²) < 4.78 is 50.3. The first-order chi connectivity index (χ1) is 24.8. The Morgan fingerprint density at radius 3 is 1.40 bits per heavy atom. The molecule has 19 heteroatoms.